The summed E-state index contributed by atoms with van der Waals surface area (Å²) in [4.78, 5) is 0. The molecule has 5 N–H and O–H groups in total. The number of hydrogen-bond acceptors (Lipinski definition) is 5. The van der Waals surface area contributed by atoms with Gasteiger partial charge in [0.1, 0.15) is 12.4 Å². The van der Waals surface area contributed by atoms with Gasteiger partial charge in [0.25, 0.3) is 0 Å². The van der Waals surface area contributed by atoms with E-state index in [2.05, 4.69) is 90.2 Å². The number of aromatic nitrogens is 2. The van der Waals surface area contributed by atoms with Crippen LogP contribution in [-0.4, -0.2) is 30.1 Å². The van der Waals surface area contributed by atoms with Crippen LogP contribution in [0.15, 0.2) is 103 Å². The van der Waals surface area contributed by atoms with Gasteiger partial charge in [0.15, 0.2) is 0 Å². The van der Waals surface area contributed by atoms with Gasteiger partial charge in [0, 0.05) is 24.6 Å². The Morgan fingerprint density at radius 1 is 0.761 bits per heavy atom. The summed E-state index contributed by atoms with van der Waals surface area (Å²) in [6, 6.07) is 30.5. The summed E-state index contributed by atoms with van der Waals surface area (Å²) < 4.78 is 19.6. The monoisotopic (exact) mass is 616 g/mol. The average molecular weight is 617 g/mol. The fraction of sp³-hybridized carbons (Fsp3) is 0.205. The van der Waals surface area contributed by atoms with E-state index in [1.54, 1.807) is 4.68 Å². The van der Waals surface area contributed by atoms with Gasteiger partial charge in [0.2, 0.25) is 0 Å². The molecule has 7 heteroatoms. The first-order chi connectivity index (χ1) is 22.4. The number of nitrogens with zero attached hydrogens (tertiary/aromatic N) is 2. The fourth-order valence-corrected chi connectivity index (χ4v) is 4.57. The molecular weight excluding hydrogens is 572 g/mol. The third-order valence-corrected chi connectivity index (χ3v) is 7.25. The average Bonchev–Trinajstić information content (AvgIpc) is 3.54. The zero-order valence-corrected chi connectivity index (χ0v) is 26.7. The Bertz CT molecular complexity index is 1670. The van der Waals surface area contributed by atoms with Crippen molar-refractivity contribution in [1.82, 2.24) is 9.78 Å². The van der Waals surface area contributed by atoms with Crippen molar-refractivity contribution in [2.24, 2.45) is 0 Å². The van der Waals surface area contributed by atoms with Crippen LogP contribution in [0.2, 0.25) is 0 Å². The molecule has 0 aliphatic carbocycles. The number of halogens is 1. The van der Waals surface area contributed by atoms with Crippen molar-refractivity contribution < 1.29 is 9.13 Å². The van der Waals surface area contributed by atoms with E-state index in [4.69, 9.17) is 16.2 Å². The highest BCUT2D eigenvalue weighted by Gasteiger charge is 2.02. The molecule has 0 amide bonds. The molecule has 0 saturated heterocycles. The largest absolute Gasteiger partial charge is 0.491 e. The van der Waals surface area contributed by atoms with E-state index in [0.29, 0.717) is 18.8 Å². The van der Waals surface area contributed by atoms with Crippen molar-refractivity contribution >= 4 is 41.4 Å². The Morgan fingerprint density at radius 2 is 1.33 bits per heavy atom. The molecule has 0 bridgehead atoms. The highest BCUT2D eigenvalue weighted by Crippen LogP contribution is 2.24. The number of aryl methyl sites for hydroxylation is 3. The molecule has 5 aromatic rings. The zero-order chi connectivity index (χ0) is 32.6. The molecule has 238 valence electrons. The number of nitrogens with one attached hydrogen (secondary N) is 1. The van der Waals surface area contributed by atoms with Gasteiger partial charge in [0.05, 0.1) is 25.0 Å². The molecule has 0 aliphatic rings. The molecule has 6 nitrogen and oxygen atoms in total. The molecule has 4 aromatic carbocycles. The summed E-state index contributed by atoms with van der Waals surface area (Å²) >= 11 is 0. The number of ether oxygens (including phenoxy) is 1. The lowest BCUT2D eigenvalue weighted by atomic mass is 10.0. The topological polar surface area (TPSA) is 91.1 Å². The maximum atomic E-state index is 12.3. The van der Waals surface area contributed by atoms with E-state index in [9.17, 15) is 4.39 Å². The van der Waals surface area contributed by atoms with E-state index in [1.807, 2.05) is 61.9 Å². The fourth-order valence-electron chi connectivity index (χ4n) is 4.57. The Balaban J connectivity index is 0.000000212. The lowest BCUT2D eigenvalue weighted by Crippen LogP contribution is -1.99. The van der Waals surface area contributed by atoms with Crippen LogP contribution < -0.4 is 21.5 Å². The second-order valence-electron chi connectivity index (χ2n) is 10.9. The molecule has 0 radical (unpaired) electrons. The second-order valence-corrected chi connectivity index (χ2v) is 10.9. The number of hydrogen-bond donors (Lipinski definition) is 3. The normalized spacial score (nSPS) is 11.0. The van der Waals surface area contributed by atoms with Crippen LogP contribution in [0.3, 0.4) is 0 Å². The number of benzene rings is 4. The van der Waals surface area contributed by atoms with Crippen molar-refractivity contribution in [3.63, 3.8) is 0 Å². The third kappa shape index (κ3) is 11.0. The van der Waals surface area contributed by atoms with Gasteiger partial charge in [-0.15, -0.1) is 0 Å². The third-order valence-electron chi connectivity index (χ3n) is 7.25. The Morgan fingerprint density at radius 3 is 1.93 bits per heavy atom. The van der Waals surface area contributed by atoms with Crippen LogP contribution in [0.4, 0.5) is 21.5 Å². The van der Waals surface area contributed by atoms with E-state index in [1.165, 1.54) is 5.56 Å². The summed E-state index contributed by atoms with van der Waals surface area (Å²) in [6.07, 6.45) is 14.9. The standard InChI is InChI=1S/C21H22FN3.C18H22N2O/c22-13-14-25-16-20(15-24-25)8-7-18-3-1-17(2-4-18)5-6-19-9-11-21(23)12-10-19;1-3-12-21-18-13-15(8-11-17(18)19)5-4-14-6-9-16(20-2)10-7-14/h1-6,9-12,15-16H,7-8,13-14,23H2;4-11,13,20H,3,12,19H2,1-2H3/b6-5+;5-4+/i22-1;. The van der Waals surface area contributed by atoms with Gasteiger partial charge in [-0.05, 0) is 89.0 Å². The predicted molar refractivity (Wildman–Crippen MR) is 193 cm³/mol. The van der Waals surface area contributed by atoms with E-state index in [0.717, 1.165) is 64.2 Å². The molecule has 46 heavy (non-hydrogen) atoms. The van der Waals surface area contributed by atoms with Crippen molar-refractivity contribution in [2.75, 3.05) is 37.1 Å². The van der Waals surface area contributed by atoms with Crippen LogP contribution in [0.1, 0.15) is 46.7 Å². The second kappa shape index (κ2) is 17.9. The first kappa shape index (κ1) is 33.6. The summed E-state index contributed by atoms with van der Waals surface area (Å²) in [5.74, 6) is 0.754. The molecule has 0 fully saturated rings. The minimum Gasteiger partial charge on any atom is -0.491 e. The molecule has 1 aromatic heterocycles. The number of nitrogens with two attached hydrogens (primary N) is 2. The lowest BCUT2D eigenvalue weighted by Gasteiger charge is -2.08. The zero-order valence-electron chi connectivity index (χ0n) is 26.7. The maximum Gasteiger partial charge on any atom is 0.142 e. The van der Waals surface area contributed by atoms with Crippen LogP contribution in [-0.2, 0) is 19.4 Å². The van der Waals surface area contributed by atoms with Gasteiger partial charge in [-0.1, -0.05) is 85.8 Å². The minimum absolute atomic E-state index is 0.328. The first-order valence-electron chi connectivity index (χ1n) is 15.6. The van der Waals surface area contributed by atoms with Gasteiger partial charge >= 0.3 is 0 Å². The van der Waals surface area contributed by atoms with Crippen molar-refractivity contribution in [1.29, 1.82) is 0 Å². The van der Waals surface area contributed by atoms with Gasteiger partial charge < -0.3 is 21.5 Å². The molecule has 1 heterocycles. The van der Waals surface area contributed by atoms with Crippen LogP contribution in [0.5, 0.6) is 5.75 Å². The van der Waals surface area contributed by atoms with E-state index >= 15 is 0 Å². The molecule has 0 atom stereocenters. The summed E-state index contributed by atoms with van der Waals surface area (Å²) in [5, 5.41) is 7.26. The molecule has 0 saturated carbocycles. The number of rotatable bonds is 13. The Hall–Kier alpha value is -5.30. The van der Waals surface area contributed by atoms with E-state index < -0.39 is 0 Å². The smallest absolute Gasteiger partial charge is 0.142 e. The van der Waals surface area contributed by atoms with Crippen molar-refractivity contribution in [3.8, 4) is 5.75 Å². The van der Waals surface area contributed by atoms with Crippen molar-refractivity contribution in [3.05, 3.63) is 137 Å². The Kier molecular flexibility index (Phi) is 13.0. The van der Waals surface area contributed by atoms with Gasteiger partial charge in [-0.2, -0.15) is 5.10 Å². The maximum absolute atomic E-state index is 12.3. The highest BCUT2D eigenvalue weighted by atomic mass is 18.2. The summed E-state index contributed by atoms with van der Waals surface area (Å²) in [7, 11) is 1.91. The quantitative estimate of drug-likeness (QED) is 0.0910. The van der Waals surface area contributed by atoms with Crippen molar-refractivity contribution in [2.45, 2.75) is 32.7 Å². The summed E-state index contributed by atoms with van der Waals surface area (Å²) in [5.41, 5.74) is 21.1. The molecule has 0 aliphatic heterocycles. The van der Waals surface area contributed by atoms with Gasteiger partial charge in [-0.3, -0.25) is 4.68 Å². The van der Waals surface area contributed by atoms with Crippen LogP contribution in [0.25, 0.3) is 24.3 Å². The SMILES string of the molecule is CCCOc1cc(/C=C/c2ccc(NC)cc2)ccc1N.Nc1ccc(/C=C/c2ccc(CCc3cnn(CC[18F])c3)cc2)cc1. The molecule has 5 rings (SSSR count). The number of anilines is 3. The molecular formula is C39H44FN5O. The van der Waals surface area contributed by atoms with Crippen LogP contribution >= 0.6 is 0 Å². The molecule has 0 unspecified atom stereocenters. The number of alkyl halides is 1. The predicted octanol–water partition coefficient (Wildman–Crippen LogP) is 8.66. The molecule has 0 spiro atoms. The Labute approximate surface area is 272 Å². The van der Waals surface area contributed by atoms with Crippen LogP contribution in [0, 0.1) is 0 Å². The van der Waals surface area contributed by atoms with Gasteiger partial charge in [-0.25, -0.2) is 4.39 Å². The minimum atomic E-state index is -0.382. The lowest BCUT2D eigenvalue weighted by molar-refractivity contribution is 0.319. The first-order valence-corrected chi connectivity index (χ1v) is 15.6. The highest BCUT2D eigenvalue weighted by molar-refractivity contribution is 5.73. The number of nitrogen functional groups attached to an aromatic ring is 2. The van der Waals surface area contributed by atoms with E-state index in [-0.39, 0.29) is 6.67 Å². The summed E-state index contributed by atoms with van der Waals surface area (Å²) in [6.45, 7) is 2.71.